The number of esters is 1. The summed E-state index contributed by atoms with van der Waals surface area (Å²) in [5, 5.41) is 0.381. The van der Waals surface area contributed by atoms with Crippen molar-refractivity contribution in [3.63, 3.8) is 0 Å². The van der Waals surface area contributed by atoms with E-state index in [2.05, 4.69) is 16.6 Å². The molecule has 188 valence electrons. The molecule has 1 aromatic heterocycles. The molecular formula is C24H25F3N2O5S. The number of hydrogen-bond donors (Lipinski definition) is 0. The fraction of sp³-hybridized carbons (Fsp3) is 0.375. The molecule has 0 radical (unpaired) electrons. The maximum Gasteiger partial charge on any atom is 0.491 e. The number of nitrogens with zero attached hydrogens (tertiary/aromatic N) is 2. The Kier molecular flexibility index (Phi) is 6.58. The number of aryl methyl sites for hydroxylation is 1. The Bertz CT molecular complexity index is 1380. The molecule has 0 aliphatic carbocycles. The number of aromatic nitrogens is 1. The summed E-state index contributed by atoms with van der Waals surface area (Å²) in [6, 6.07) is 10.8. The summed E-state index contributed by atoms with van der Waals surface area (Å²) in [6.45, 7) is 5.09. The minimum absolute atomic E-state index is 0.00703. The van der Waals surface area contributed by atoms with Crippen molar-refractivity contribution in [1.29, 1.82) is 0 Å². The lowest BCUT2D eigenvalue weighted by Gasteiger charge is -2.21. The van der Waals surface area contributed by atoms with E-state index in [0.29, 0.717) is 33.1 Å². The molecule has 0 spiro atoms. The van der Waals surface area contributed by atoms with Crippen molar-refractivity contribution in [2.24, 2.45) is 0 Å². The standard InChI is InChI=1S/C24H25F3N2O5S/c1-15-9-10-20(33-3)21(12-15)35(31,32)29-19-8-4-7-17(14-28-11-5-6-16(28)2)18(19)13-22(29)34-23(30)24(25,26)27/h4,7-10,12-13,16H,5-6,11,14H2,1-3H3. The maximum atomic E-state index is 13.8. The largest absolute Gasteiger partial charge is 0.495 e. The molecule has 3 aromatic rings. The molecular weight excluding hydrogens is 485 g/mol. The molecule has 1 atom stereocenters. The van der Waals surface area contributed by atoms with E-state index in [1.807, 2.05) is 0 Å². The Morgan fingerprint density at radius 2 is 1.91 bits per heavy atom. The van der Waals surface area contributed by atoms with Crippen LogP contribution in [0.2, 0.25) is 0 Å². The molecule has 0 saturated carbocycles. The Morgan fingerprint density at radius 3 is 2.54 bits per heavy atom. The third-order valence-electron chi connectivity index (χ3n) is 6.19. The number of rotatable bonds is 6. The number of alkyl halides is 3. The molecule has 0 N–H and O–H groups in total. The molecule has 1 saturated heterocycles. The van der Waals surface area contributed by atoms with Gasteiger partial charge in [-0.3, -0.25) is 4.90 Å². The summed E-state index contributed by atoms with van der Waals surface area (Å²) < 4.78 is 77.2. The van der Waals surface area contributed by atoms with E-state index in [1.54, 1.807) is 25.1 Å². The Hall–Kier alpha value is -3.05. The van der Waals surface area contributed by atoms with Crippen LogP contribution >= 0.6 is 0 Å². The van der Waals surface area contributed by atoms with Crippen molar-refractivity contribution in [1.82, 2.24) is 8.87 Å². The normalized spacial score (nSPS) is 17.1. The Morgan fingerprint density at radius 1 is 1.17 bits per heavy atom. The summed E-state index contributed by atoms with van der Waals surface area (Å²) >= 11 is 0. The maximum absolute atomic E-state index is 13.8. The highest BCUT2D eigenvalue weighted by atomic mass is 32.2. The average molecular weight is 511 g/mol. The number of halogens is 3. The first kappa shape index (κ1) is 25.1. The number of carbonyl (C=O) groups is 1. The van der Waals surface area contributed by atoms with Crippen LogP contribution in [0.4, 0.5) is 13.2 Å². The number of methoxy groups -OCH3 is 1. The Balaban J connectivity index is 1.94. The van der Waals surface area contributed by atoms with Crippen LogP contribution in [0.3, 0.4) is 0 Å². The third-order valence-corrected chi connectivity index (χ3v) is 7.92. The quantitative estimate of drug-likeness (QED) is 0.450. The molecule has 1 aliphatic rings. The van der Waals surface area contributed by atoms with Crippen LogP contribution in [0, 0.1) is 6.92 Å². The molecule has 11 heteroatoms. The molecule has 2 heterocycles. The van der Waals surface area contributed by atoms with E-state index in [4.69, 9.17) is 4.74 Å². The first-order valence-corrected chi connectivity index (χ1v) is 12.4. The average Bonchev–Trinajstić information content (AvgIpc) is 3.36. The minimum Gasteiger partial charge on any atom is -0.495 e. The minimum atomic E-state index is -5.31. The van der Waals surface area contributed by atoms with Crippen LogP contribution in [0.25, 0.3) is 10.9 Å². The van der Waals surface area contributed by atoms with Crippen LogP contribution in [0.15, 0.2) is 47.4 Å². The second-order valence-electron chi connectivity index (χ2n) is 8.61. The molecule has 1 aliphatic heterocycles. The molecule has 1 unspecified atom stereocenters. The predicted molar refractivity (Wildman–Crippen MR) is 123 cm³/mol. The van der Waals surface area contributed by atoms with Crippen molar-refractivity contribution in [2.75, 3.05) is 13.7 Å². The highest BCUT2D eigenvalue weighted by molar-refractivity contribution is 7.90. The van der Waals surface area contributed by atoms with E-state index in [9.17, 15) is 26.4 Å². The van der Waals surface area contributed by atoms with Gasteiger partial charge in [-0.25, -0.2) is 17.2 Å². The summed E-state index contributed by atoms with van der Waals surface area (Å²) in [4.78, 5) is 13.7. The third kappa shape index (κ3) is 4.74. The summed E-state index contributed by atoms with van der Waals surface area (Å²) in [7, 11) is -3.24. The van der Waals surface area contributed by atoms with Gasteiger partial charge in [-0.1, -0.05) is 18.2 Å². The van der Waals surface area contributed by atoms with Crippen LogP contribution in [-0.2, 0) is 21.4 Å². The molecule has 1 fully saturated rings. The number of ether oxygens (including phenoxy) is 2. The van der Waals surface area contributed by atoms with Gasteiger partial charge in [0.1, 0.15) is 10.6 Å². The van der Waals surface area contributed by atoms with Gasteiger partial charge in [0.15, 0.2) is 0 Å². The SMILES string of the molecule is COc1ccc(C)cc1S(=O)(=O)n1c(OC(=O)C(F)(F)F)cc2c(CN3CCCC3C)cccc21. The Labute approximate surface area is 201 Å². The van der Waals surface area contributed by atoms with Gasteiger partial charge in [0.05, 0.1) is 12.6 Å². The summed E-state index contributed by atoms with van der Waals surface area (Å²) in [5.41, 5.74) is 1.41. The van der Waals surface area contributed by atoms with Gasteiger partial charge in [0, 0.05) is 24.0 Å². The van der Waals surface area contributed by atoms with Crippen molar-refractivity contribution >= 4 is 26.9 Å². The van der Waals surface area contributed by atoms with Crippen molar-refractivity contribution in [3.8, 4) is 11.6 Å². The lowest BCUT2D eigenvalue weighted by atomic mass is 10.1. The van der Waals surface area contributed by atoms with Crippen LogP contribution in [-0.4, -0.2) is 49.1 Å². The zero-order valence-corrected chi connectivity index (χ0v) is 20.2. The zero-order chi connectivity index (χ0) is 25.5. The van der Waals surface area contributed by atoms with E-state index in [-0.39, 0.29) is 16.2 Å². The van der Waals surface area contributed by atoms with E-state index in [1.165, 1.54) is 31.4 Å². The second-order valence-corrected chi connectivity index (χ2v) is 10.4. The molecule has 0 amide bonds. The first-order chi connectivity index (χ1) is 16.4. The van der Waals surface area contributed by atoms with Gasteiger partial charge in [-0.2, -0.15) is 13.2 Å². The smallest absolute Gasteiger partial charge is 0.491 e. The van der Waals surface area contributed by atoms with E-state index >= 15 is 0 Å². The van der Waals surface area contributed by atoms with Gasteiger partial charge >= 0.3 is 12.1 Å². The predicted octanol–water partition coefficient (Wildman–Crippen LogP) is 4.65. The van der Waals surface area contributed by atoms with E-state index in [0.717, 1.165) is 19.4 Å². The molecule has 4 rings (SSSR count). The second kappa shape index (κ2) is 9.19. The van der Waals surface area contributed by atoms with Gasteiger partial charge < -0.3 is 9.47 Å². The topological polar surface area (TPSA) is 77.8 Å². The summed E-state index contributed by atoms with van der Waals surface area (Å²) in [6.07, 6.45) is -3.26. The highest BCUT2D eigenvalue weighted by Crippen LogP contribution is 2.37. The first-order valence-electron chi connectivity index (χ1n) is 11.0. The number of benzene rings is 2. The monoisotopic (exact) mass is 510 g/mol. The van der Waals surface area contributed by atoms with E-state index < -0.39 is 28.0 Å². The van der Waals surface area contributed by atoms with Crippen LogP contribution < -0.4 is 9.47 Å². The van der Waals surface area contributed by atoms with Crippen LogP contribution in [0.1, 0.15) is 30.9 Å². The summed E-state index contributed by atoms with van der Waals surface area (Å²) in [5.74, 6) is -3.25. The highest BCUT2D eigenvalue weighted by Gasteiger charge is 2.43. The number of hydrogen-bond acceptors (Lipinski definition) is 6. The molecule has 35 heavy (non-hydrogen) atoms. The lowest BCUT2D eigenvalue weighted by molar-refractivity contribution is -0.190. The van der Waals surface area contributed by atoms with Crippen molar-refractivity contribution < 1.29 is 35.9 Å². The van der Waals surface area contributed by atoms with Crippen LogP contribution in [0.5, 0.6) is 11.6 Å². The van der Waals surface area contributed by atoms with Crippen molar-refractivity contribution in [3.05, 3.63) is 53.6 Å². The molecule has 0 bridgehead atoms. The van der Waals surface area contributed by atoms with Gasteiger partial charge in [-0.15, -0.1) is 0 Å². The fourth-order valence-electron chi connectivity index (χ4n) is 4.38. The van der Waals surface area contributed by atoms with Crippen molar-refractivity contribution in [2.45, 2.75) is 50.3 Å². The number of fused-ring (bicyclic) bond motifs is 1. The number of carbonyl (C=O) groups excluding carboxylic acids is 1. The fourth-order valence-corrected chi connectivity index (χ4v) is 6.07. The van der Waals surface area contributed by atoms with Gasteiger partial charge in [0.2, 0.25) is 5.88 Å². The molecule has 7 nitrogen and oxygen atoms in total. The number of likely N-dealkylation sites (tertiary alicyclic amines) is 1. The van der Waals surface area contributed by atoms with Gasteiger partial charge in [0.25, 0.3) is 10.0 Å². The molecule has 2 aromatic carbocycles. The lowest BCUT2D eigenvalue weighted by Crippen LogP contribution is -2.29. The zero-order valence-electron chi connectivity index (χ0n) is 19.4. The van der Waals surface area contributed by atoms with Gasteiger partial charge in [-0.05, 0) is 62.6 Å².